The van der Waals surface area contributed by atoms with Crippen molar-refractivity contribution in [3.05, 3.63) is 6.33 Å². The molecule has 0 spiro atoms. The summed E-state index contributed by atoms with van der Waals surface area (Å²) in [4.78, 5) is 24.7. The number of nitrogen functional groups attached to an aromatic ring is 1. The Hall–Kier alpha value is -2.09. The number of aromatic nitrogens is 4. The molecule has 2 aromatic heterocycles. The molecule has 37 heavy (non-hydrogen) atoms. The van der Waals surface area contributed by atoms with Crippen molar-refractivity contribution in [2.24, 2.45) is 0 Å². The second kappa shape index (κ2) is 11.3. The van der Waals surface area contributed by atoms with Gasteiger partial charge in [-0.15, -0.1) is 11.6 Å². The van der Waals surface area contributed by atoms with Crippen LogP contribution in [0.1, 0.15) is 46.3 Å². The summed E-state index contributed by atoms with van der Waals surface area (Å²) in [5.74, 6) is -0.582. The van der Waals surface area contributed by atoms with Gasteiger partial charge in [0.1, 0.15) is 17.7 Å². The molecule has 2 fully saturated rings. The molecule has 2 aliphatic rings. The fraction of sp³-hybridized carbons (Fsp3) is 0.714. The highest BCUT2D eigenvalue weighted by atomic mass is 35.5. The van der Waals surface area contributed by atoms with Crippen LogP contribution in [0.3, 0.4) is 0 Å². The average Bonchev–Trinajstić information content (AvgIpc) is 3.34. The van der Waals surface area contributed by atoms with Crippen molar-refractivity contribution in [2.75, 3.05) is 23.5 Å². The molecule has 5 N–H and O–H groups in total. The van der Waals surface area contributed by atoms with E-state index >= 15 is 4.39 Å². The molecular weight excluding hydrogens is 532 g/mol. The number of carbonyl (C=O) groups excluding carboxylic acids is 1. The number of fused-ring (bicyclic) bond motifs is 1. The van der Waals surface area contributed by atoms with Gasteiger partial charge in [0.25, 0.3) is 8.18 Å². The Morgan fingerprint density at radius 1 is 1.43 bits per heavy atom. The number of aliphatic hydroxyl groups is 1. The van der Waals surface area contributed by atoms with E-state index in [1.165, 1.54) is 17.8 Å². The number of imidazole rings is 1. The Morgan fingerprint density at radius 2 is 2.16 bits per heavy atom. The van der Waals surface area contributed by atoms with Gasteiger partial charge in [-0.25, -0.2) is 14.5 Å². The van der Waals surface area contributed by atoms with Crippen molar-refractivity contribution < 1.29 is 32.9 Å². The number of nitrogens with one attached hydrogen (secondary N) is 2. The van der Waals surface area contributed by atoms with Gasteiger partial charge in [0.15, 0.2) is 29.4 Å². The van der Waals surface area contributed by atoms with Gasteiger partial charge in [0.05, 0.1) is 24.9 Å². The van der Waals surface area contributed by atoms with Gasteiger partial charge in [-0.05, 0) is 40.0 Å². The lowest BCUT2D eigenvalue weighted by molar-refractivity contribution is -0.149. The number of esters is 1. The summed E-state index contributed by atoms with van der Waals surface area (Å²) < 4.78 is 45.5. The van der Waals surface area contributed by atoms with E-state index in [1.54, 1.807) is 13.8 Å². The Balaban J connectivity index is 1.49. The molecule has 3 heterocycles. The third-order valence-corrected chi connectivity index (χ3v) is 7.87. The van der Waals surface area contributed by atoms with E-state index in [0.717, 1.165) is 19.3 Å². The molecular formula is C21H32ClFN7O6P. The van der Waals surface area contributed by atoms with Gasteiger partial charge in [0, 0.05) is 6.04 Å². The van der Waals surface area contributed by atoms with Gasteiger partial charge < -0.3 is 30.2 Å². The van der Waals surface area contributed by atoms with Crippen molar-refractivity contribution in [1.29, 1.82) is 0 Å². The van der Waals surface area contributed by atoms with Crippen LogP contribution < -0.4 is 16.1 Å². The molecule has 1 unspecified atom stereocenters. The predicted octanol–water partition coefficient (Wildman–Crippen LogP) is 1.91. The van der Waals surface area contributed by atoms with Gasteiger partial charge in [-0.2, -0.15) is 9.97 Å². The molecule has 6 atom stereocenters. The zero-order valence-electron chi connectivity index (χ0n) is 20.7. The van der Waals surface area contributed by atoms with Crippen molar-refractivity contribution in [3.8, 4) is 0 Å². The molecule has 2 aromatic rings. The maximum absolute atomic E-state index is 15.4. The lowest BCUT2D eigenvalue weighted by atomic mass is 9.93. The summed E-state index contributed by atoms with van der Waals surface area (Å²) in [5.41, 5.74) is 4.75. The van der Waals surface area contributed by atoms with Gasteiger partial charge in [0.2, 0.25) is 5.95 Å². The molecule has 0 bridgehead atoms. The number of anilines is 2. The zero-order valence-corrected chi connectivity index (χ0v) is 22.4. The molecule has 1 aliphatic carbocycles. The van der Waals surface area contributed by atoms with Crippen molar-refractivity contribution in [1.82, 2.24) is 24.6 Å². The first kappa shape index (κ1) is 27.9. The standard InChI is InChI=1S/C21H32ClFN7O6P/c1-10(2)35-19(32)11(3)29-37(33)34-8-21(7-22)15(31)13(23)18(36-21)30-9-25-14-16(26-12-5-4-6-12)27-20(24)28-17(14)30/h9-13,15,18,31,37H,4-8H2,1-3H3,(H,29,33)(H3,24,26,27,28)/t11-,13-,15-,18+,21+/m0/s1. The maximum Gasteiger partial charge on any atom is 0.323 e. The zero-order chi connectivity index (χ0) is 26.9. The number of alkyl halides is 2. The van der Waals surface area contributed by atoms with Crippen LogP contribution in [0.2, 0.25) is 0 Å². The minimum atomic E-state index is -3.01. The first-order chi connectivity index (χ1) is 17.5. The molecule has 16 heteroatoms. The summed E-state index contributed by atoms with van der Waals surface area (Å²) in [6.07, 6.45) is -0.973. The monoisotopic (exact) mass is 563 g/mol. The topological polar surface area (TPSA) is 176 Å². The highest BCUT2D eigenvalue weighted by Gasteiger charge is 2.56. The number of nitrogens with zero attached hydrogens (tertiary/aromatic N) is 4. The molecule has 0 amide bonds. The largest absolute Gasteiger partial charge is 0.462 e. The van der Waals surface area contributed by atoms with Crippen molar-refractivity contribution in [2.45, 2.75) is 82.3 Å². The molecule has 206 valence electrons. The number of nitrogens with two attached hydrogens (primary N) is 1. The highest BCUT2D eigenvalue weighted by molar-refractivity contribution is 7.36. The molecule has 0 aromatic carbocycles. The van der Waals surface area contributed by atoms with Crippen LogP contribution in [-0.4, -0.2) is 79.1 Å². The summed E-state index contributed by atoms with van der Waals surface area (Å²) in [6, 6.07) is -0.671. The van der Waals surface area contributed by atoms with Crippen LogP contribution >= 0.6 is 19.8 Å². The van der Waals surface area contributed by atoms with E-state index in [-0.39, 0.29) is 29.6 Å². The van der Waals surface area contributed by atoms with Gasteiger partial charge >= 0.3 is 5.97 Å². The molecule has 13 nitrogen and oxygen atoms in total. The van der Waals surface area contributed by atoms with E-state index in [2.05, 4.69) is 25.4 Å². The highest BCUT2D eigenvalue weighted by Crippen LogP contribution is 2.42. The fourth-order valence-corrected chi connectivity index (χ4v) is 5.29. The lowest BCUT2D eigenvalue weighted by Crippen LogP contribution is -2.47. The summed E-state index contributed by atoms with van der Waals surface area (Å²) in [6.45, 7) is 4.33. The quantitative estimate of drug-likeness (QED) is 0.178. The minimum Gasteiger partial charge on any atom is -0.462 e. The Bertz CT molecular complexity index is 1150. The Labute approximate surface area is 218 Å². The molecule has 1 saturated carbocycles. The first-order valence-electron chi connectivity index (χ1n) is 12.0. The van der Waals surface area contributed by atoms with Crippen LogP contribution in [0.5, 0.6) is 0 Å². The van der Waals surface area contributed by atoms with E-state index in [4.69, 9.17) is 31.3 Å². The van der Waals surface area contributed by atoms with Crippen LogP contribution in [0.4, 0.5) is 16.2 Å². The second-order valence-electron chi connectivity index (χ2n) is 9.55. The normalized spacial score (nSPS) is 27.8. The van der Waals surface area contributed by atoms with E-state index in [0.29, 0.717) is 11.3 Å². The van der Waals surface area contributed by atoms with Crippen LogP contribution in [0, 0.1) is 0 Å². The number of hydrogen-bond donors (Lipinski definition) is 4. The predicted molar refractivity (Wildman–Crippen MR) is 134 cm³/mol. The number of halogens is 2. The summed E-state index contributed by atoms with van der Waals surface area (Å²) in [5, 5.41) is 16.5. The first-order valence-corrected chi connectivity index (χ1v) is 13.9. The molecule has 4 rings (SSSR count). The fourth-order valence-electron chi connectivity index (χ4n) is 4.07. The molecule has 1 saturated heterocycles. The number of rotatable bonds is 11. The Morgan fingerprint density at radius 3 is 2.78 bits per heavy atom. The van der Waals surface area contributed by atoms with E-state index in [9.17, 15) is 14.5 Å². The second-order valence-corrected chi connectivity index (χ2v) is 11.0. The van der Waals surface area contributed by atoms with Gasteiger partial charge in [-0.1, -0.05) is 0 Å². The average molecular weight is 564 g/mol. The molecule has 0 radical (unpaired) electrons. The number of aliphatic hydroxyl groups excluding tert-OH is 1. The third kappa shape index (κ3) is 5.84. The van der Waals surface area contributed by atoms with E-state index < -0.39 is 50.9 Å². The number of hydrogen-bond acceptors (Lipinski definition) is 11. The van der Waals surface area contributed by atoms with E-state index in [1.807, 2.05) is 0 Å². The Kier molecular flexibility index (Phi) is 8.56. The smallest absolute Gasteiger partial charge is 0.323 e. The number of carbonyl (C=O) groups is 1. The number of ether oxygens (including phenoxy) is 2. The van der Waals surface area contributed by atoms with Crippen LogP contribution in [0.15, 0.2) is 6.33 Å². The summed E-state index contributed by atoms with van der Waals surface area (Å²) >= 11 is 6.10. The third-order valence-electron chi connectivity index (χ3n) is 6.34. The van der Waals surface area contributed by atoms with Gasteiger partial charge in [-0.3, -0.25) is 13.9 Å². The van der Waals surface area contributed by atoms with Crippen molar-refractivity contribution in [3.63, 3.8) is 0 Å². The van der Waals surface area contributed by atoms with Crippen LogP contribution in [-0.2, 0) is 23.4 Å². The summed E-state index contributed by atoms with van der Waals surface area (Å²) in [7, 11) is -3.01. The van der Waals surface area contributed by atoms with Crippen LogP contribution in [0.25, 0.3) is 11.2 Å². The maximum atomic E-state index is 15.4. The lowest BCUT2D eigenvalue weighted by Gasteiger charge is -2.29. The van der Waals surface area contributed by atoms with Crippen molar-refractivity contribution >= 4 is 48.7 Å². The molecule has 1 aliphatic heterocycles. The minimum absolute atomic E-state index is 0.0354. The SMILES string of the molecule is CC(C)OC(=O)[C@H](C)N[PH](=O)OC[C@@]1(CCl)O[C@@H](n2cnc3c(NC4CCC4)nc(N)nc32)[C@@H](F)[C@@H]1O.